The number of nitrogens with one attached hydrogen (secondary N) is 2. The van der Waals surface area contributed by atoms with E-state index in [2.05, 4.69) is 15.5 Å². The highest BCUT2D eigenvalue weighted by molar-refractivity contribution is 7.99. The highest BCUT2D eigenvalue weighted by atomic mass is 35.5. The Bertz CT molecular complexity index is 747. The summed E-state index contributed by atoms with van der Waals surface area (Å²) in [6, 6.07) is 3.73. The molecule has 0 atom stereocenters. The number of unbranched alkanes of at least 4 members (excludes halogenated alkanes) is 1. The Morgan fingerprint density at radius 2 is 2.30 bits per heavy atom. The number of hydrogen-bond acceptors (Lipinski definition) is 4. The van der Waals surface area contributed by atoms with Gasteiger partial charge >= 0.3 is 5.69 Å². The third kappa shape index (κ3) is 4.84. The van der Waals surface area contributed by atoms with E-state index in [1.54, 1.807) is 0 Å². The van der Waals surface area contributed by atoms with Gasteiger partial charge < -0.3 is 5.32 Å². The molecule has 0 spiro atoms. The zero-order valence-electron chi connectivity index (χ0n) is 12.4. The Kier molecular flexibility index (Phi) is 6.23. The molecular weight excluding hydrogens is 343 g/mol. The summed E-state index contributed by atoms with van der Waals surface area (Å²) in [5.41, 5.74) is 0.0482. The van der Waals surface area contributed by atoms with Crippen molar-refractivity contribution in [1.29, 1.82) is 0 Å². The summed E-state index contributed by atoms with van der Waals surface area (Å²) in [5.74, 6) is -0.732. The molecule has 1 amide bonds. The lowest BCUT2D eigenvalue weighted by atomic mass is 10.3. The summed E-state index contributed by atoms with van der Waals surface area (Å²) < 4.78 is 14.5. The van der Waals surface area contributed by atoms with E-state index in [4.69, 9.17) is 11.6 Å². The molecule has 9 heteroatoms. The van der Waals surface area contributed by atoms with Crippen molar-refractivity contribution in [1.82, 2.24) is 14.8 Å². The molecule has 2 aromatic rings. The first kappa shape index (κ1) is 17.6. The number of amides is 1. The molecule has 0 saturated heterocycles. The molecule has 0 bridgehead atoms. The highest BCUT2D eigenvalue weighted by Crippen LogP contribution is 2.23. The largest absolute Gasteiger partial charge is 0.343 e. The van der Waals surface area contributed by atoms with Gasteiger partial charge in [-0.25, -0.2) is 14.3 Å². The third-order valence-electron chi connectivity index (χ3n) is 3.00. The number of halogens is 2. The van der Waals surface area contributed by atoms with Gasteiger partial charge in [0.05, 0.1) is 16.5 Å². The van der Waals surface area contributed by atoms with Crippen molar-refractivity contribution < 1.29 is 9.18 Å². The van der Waals surface area contributed by atoms with Gasteiger partial charge in [0.2, 0.25) is 5.91 Å². The van der Waals surface area contributed by atoms with E-state index in [9.17, 15) is 14.0 Å². The predicted octanol–water partition coefficient (Wildman–Crippen LogP) is 2.89. The lowest BCUT2D eigenvalue weighted by molar-refractivity contribution is -0.113. The second kappa shape index (κ2) is 8.16. The number of H-pyrrole nitrogens is 1. The number of hydrogen-bond donors (Lipinski definition) is 2. The molecule has 2 N–H and O–H groups in total. The van der Waals surface area contributed by atoms with Gasteiger partial charge in [-0.3, -0.25) is 9.36 Å². The number of nitrogens with zero attached hydrogens (tertiary/aromatic N) is 2. The first-order valence-electron chi connectivity index (χ1n) is 7.04. The second-order valence-electron chi connectivity index (χ2n) is 4.78. The summed E-state index contributed by atoms with van der Waals surface area (Å²) in [7, 11) is 0. The normalized spacial score (nSPS) is 10.7. The fraction of sp³-hybridized carbons (Fsp3) is 0.357. The van der Waals surface area contributed by atoms with Crippen molar-refractivity contribution in [3.05, 3.63) is 39.5 Å². The summed E-state index contributed by atoms with van der Waals surface area (Å²) in [6.07, 6.45) is 1.80. The molecule has 6 nitrogen and oxygen atoms in total. The van der Waals surface area contributed by atoms with Gasteiger partial charge in [0, 0.05) is 6.54 Å². The average Bonchev–Trinajstić information content (AvgIpc) is 2.86. The summed E-state index contributed by atoms with van der Waals surface area (Å²) in [5, 5.41) is 9.47. The van der Waals surface area contributed by atoms with Crippen molar-refractivity contribution in [2.24, 2.45) is 0 Å². The quantitative estimate of drug-likeness (QED) is 0.746. The van der Waals surface area contributed by atoms with Crippen LogP contribution in [0.15, 0.2) is 28.2 Å². The number of thioether (sulfide) groups is 1. The molecule has 0 unspecified atom stereocenters. The van der Waals surface area contributed by atoms with Gasteiger partial charge in [-0.15, -0.1) is 5.10 Å². The zero-order valence-corrected chi connectivity index (χ0v) is 14.0. The van der Waals surface area contributed by atoms with Crippen molar-refractivity contribution in [3.8, 4) is 0 Å². The molecule has 0 aliphatic rings. The highest BCUT2D eigenvalue weighted by Gasteiger charge is 2.12. The maximum atomic E-state index is 13.0. The average molecular weight is 359 g/mol. The fourth-order valence-corrected chi connectivity index (χ4v) is 2.82. The van der Waals surface area contributed by atoms with Crippen LogP contribution in [0.3, 0.4) is 0 Å². The molecule has 1 aromatic heterocycles. The van der Waals surface area contributed by atoms with Gasteiger partial charge in [0.1, 0.15) is 5.82 Å². The minimum Gasteiger partial charge on any atom is -0.324 e. The molecule has 0 aliphatic carbocycles. The monoisotopic (exact) mass is 358 g/mol. The van der Waals surface area contributed by atoms with Crippen LogP contribution in [0, 0.1) is 5.82 Å². The Morgan fingerprint density at radius 1 is 1.52 bits per heavy atom. The molecular formula is C14H16ClFN4O2S. The van der Waals surface area contributed by atoms with E-state index in [0.29, 0.717) is 17.4 Å². The number of anilines is 1. The van der Waals surface area contributed by atoms with Crippen LogP contribution in [0.2, 0.25) is 5.02 Å². The van der Waals surface area contributed by atoms with Crippen molar-refractivity contribution in [2.75, 3.05) is 11.1 Å². The minimum atomic E-state index is -0.473. The lowest BCUT2D eigenvalue weighted by Gasteiger charge is -2.07. The van der Waals surface area contributed by atoms with Crippen LogP contribution in [-0.2, 0) is 11.3 Å². The summed E-state index contributed by atoms with van der Waals surface area (Å²) in [4.78, 5) is 23.6. The number of benzene rings is 1. The molecule has 1 aromatic carbocycles. The number of rotatable bonds is 7. The molecule has 0 aliphatic heterocycles. The van der Waals surface area contributed by atoms with Crippen molar-refractivity contribution in [3.63, 3.8) is 0 Å². The van der Waals surface area contributed by atoms with E-state index < -0.39 is 5.82 Å². The first-order chi connectivity index (χ1) is 11.0. The Balaban J connectivity index is 1.95. The standard InChI is InChI=1S/C14H16ClFN4O2S/c1-2-3-6-20-13(22)18-19-14(20)23-8-12(21)17-11-5-4-9(16)7-10(11)15/h4-5,7H,2-3,6,8H2,1H3,(H,17,21)(H,18,22). The van der Waals surface area contributed by atoms with Crippen molar-refractivity contribution >= 4 is 35.0 Å². The maximum Gasteiger partial charge on any atom is 0.343 e. The maximum absolute atomic E-state index is 13.0. The van der Waals surface area contributed by atoms with Gasteiger partial charge in [0.15, 0.2) is 5.16 Å². The molecule has 0 saturated carbocycles. The third-order valence-corrected chi connectivity index (χ3v) is 4.29. The molecule has 2 rings (SSSR count). The predicted molar refractivity (Wildman–Crippen MR) is 88.5 cm³/mol. The molecule has 0 fully saturated rings. The van der Waals surface area contributed by atoms with Gasteiger partial charge in [-0.1, -0.05) is 36.7 Å². The van der Waals surface area contributed by atoms with Crippen LogP contribution >= 0.6 is 23.4 Å². The summed E-state index contributed by atoms with van der Waals surface area (Å²) >= 11 is 7.00. The topological polar surface area (TPSA) is 79.8 Å². The summed E-state index contributed by atoms with van der Waals surface area (Å²) in [6.45, 7) is 2.58. The smallest absolute Gasteiger partial charge is 0.324 e. The van der Waals surface area contributed by atoms with Gasteiger partial charge in [-0.2, -0.15) is 0 Å². The van der Waals surface area contributed by atoms with Gasteiger partial charge in [-0.05, 0) is 24.6 Å². The SMILES string of the molecule is CCCCn1c(SCC(=O)Nc2ccc(F)cc2Cl)n[nH]c1=O. The first-order valence-corrected chi connectivity index (χ1v) is 8.40. The lowest BCUT2D eigenvalue weighted by Crippen LogP contribution is -2.19. The molecule has 0 radical (unpaired) electrons. The van der Waals surface area contributed by atoms with Crippen LogP contribution in [0.1, 0.15) is 19.8 Å². The van der Waals surface area contributed by atoms with Crippen LogP contribution < -0.4 is 11.0 Å². The van der Waals surface area contributed by atoms with Crippen LogP contribution in [0.4, 0.5) is 10.1 Å². The molecule has 23 heavy (non-hydrogen) atoms. The fourth-order valence-electron chi connectivity index (χ4n) is 1.83. The van der Waals surface area contributed by atoms with Crippen LogP contribution in [0.5, 0.6) is 0 Å². The minimum absolute atomic E-state index is 0.0596. The van der Waals surface area contributed by atoms with E-state index in [-0.39, 0.29) is 22.4 Å². The van der Waals surface area contributed by atoms with E-state index in [1.807, 2.05) is 6.92 Å². The van der Waals surface area contributed by atoms with E-state index in [0.717, 1.165) is 30.7 Å². The number of carbonyl (C=O) groups is 1. The Hall–Kier alpha value is -1.80. The Morgan fingerprint density at radius 3 is 3.00 bits per heavy atom. The molecule has 124 valence electrons. The van der Waals surface area contributed by atoms with E-state index >= 15 is 0 Å². The van der Waals surface area contributed by atoms with Crippen LogP contribution in [-0.4, -0.2) is 26.4 Å². The van der Waals surface area contributed by atoms with Crippen molar-refractivity contribution in [2.45, 2.75) is 31.5 Å². The molecule has 1 heterocycles. The number of aromatic amines is 1. The second-order valence-corrected chi connectivity index (χ2v) is 6.13. The van der Waals surface area contributed by atoms with Crippen LogP contribution in [0.25, 0.3) is 0 Å². The number of aromatic nitrogens is 3. The Labute approximate surface area is 141 Å². The number of carbonyl (C=O) groups excluding carboxylic acids is 1. The van der Waals surface area contributed by atoms with Gasteiger partial charge in [0.25, 0.3) is 0 Å². The van der Waals surface area contributed by atoms with E-state index in [1.165, 1.54) is 16.7 Å². The zero-order chi connectivity index (χ0) is 16.8.